The quantitative estimate of drug-likeness (QED) is 0.157. The zero-order valence-electron chi connectivity index (χ0n) is 40.0. The first-order valence-electron chi connectivity index (χ1n) is 25.4. The number of nitrogens with zero attached hydrogens (tertiary/aromatic N) is 2. The van der Waals surface area contributed by atoms with Gasteiger partial charge in [-0.3, -0.25) is 0 Å². The monoisotopic (exact) mass is 906 g/mol. The number of fused-ring (bicyclic) bond motifs is 14. The minimum Gasteiger partial charge on any atom is -0.313 e. The molecular formula is C69H50N2. The van der Waals surface area contributed by atoms with Crippen LogP contribution in [0.4, 0.5) is 0 Å². The molecule has 2 aromatic heterocycles. The highest BCUT2D eigenvalue weighted by atomic mass is 15.0. The zero-order chi connectivity index (χ0) is 47.0. The van der Waals surface area contributed by atoms with Gasteiger partial charge in [0.15, 0.2) is 0 Å². The third-order valence-corrected chi connectivity index (χ3v) is 16.5. The summed E-state index contributed by atoms with van der Waals surface area (Å²) in [4.78, 5) is 0. The summed E-state index contributed by atoms with van der Waals surface area (Å²) in [6, 6.07) is 80.5. The molecule has 3 aliphatic rings. The number of aromatic nitrogens is 2. The molecule has 0 spiro atoms. The van der Waals surface area contributed by atoms with Gasteiger partial charge < -0.3 is 9.13 Å². The lowest BCUT2D eigenvalue weighted by molar-refractivity contribution is 0.661. The first-order chi connectivity index (χ1) is 35.0. The van der Waals surface area contributed by atoms with E-state index in [1.165, 1.54) is 133 Å². The van der Waals surface area contributed by atoms with E-state index in [0.717, 1.165) is 24.9 Å². The van der Waals surface area contributed by atoms with E-state index in [1.54, 1.807) is 0 Å². The molecule has 0 N–H and O–H groups in total. The Morgan fingerprint density at radius 3 is 2.01 bits per heavy atom. The van der Waals surface area contributed by atoms with Gasteiger partial charge in [-0.2, -0.15) is 0 Å². The molecule has 0 saturated carbocycles. The molecule has 15 rings (SSSR count). The number of hydrogen-bond acceptors (Lipinski definition) is 0. The van der Waals surface area contributed by atoms with Crippen molar-refractivity contribution >= 4 is 49.6 Å². The molecule has 0 radical (unpaired) electrons. The van der Waals surface area contributed by atoms with Crippen LogP contribution in [0.5, 0.6) is 0 Å². The molecule has 3 aliphatic carbocycles. The Labute approximate surface area is 414 Å². The molecule has 1 unspecified atom stereocenters. The summed E-state index contributed by atoms with van der Waals surface area (Å²) >= 11 is 0. The van der Waals surface area contributed by atoms with Gasteiger partial charge in [-0.15, -0.1) is 0 Å². The van der Waals surface area contributed by atoms with Crippen LogP contribution in [0, 0.1) is 0 Å². The Kier molecular flexibility index (Phi) is 8.69. The summed E-state index contributed by atoms with van der Waals surface area (Å²) in [5.41, 5.74) is 25.9. The maximum atomic E-state index is 2.55. The normalized spacial score (nSPS) is 15.0. The van der Waals surface area contributed by atoms with Gasteiger partial charge in [0.05, 0.1) is 16.6 Å². The highest BCUT2D eigenvalue weighted by Crippen LogP contribution is 2.53. The zero-order valence-corrected chi connectivity index (χ0v) is 40.0. The molecule has 0 amide bonds. The van der Waals surface area contributed by atoms with Crippen molar-refractivity contribution in [3.8, 4) is 55.9 Å². The van der Waals surface area contributed by atoms with Crippen molar-refractivity contribution in [3.63, 3.8) is 0 Å². The average molecular weight is 907 g/mol. The highest BCUT2D eigenvalue weighted by molar-refractivity contribution is 6.12. The van der Waals surface area contributed by atoms with Gasteiger partial charge in [-0.25, -0.2) is 0 Å². The van der Waals surface area contributed by atoms with Crippen molar-refractivity contribution in [1.29, 1.82) is 0 Å². The Morgan fingerprint density at radius 2 is 1.15 bits per heavy atom. The fourth-order valence-electron chi connectivity index (χ4n) is 13.2. The topological polar surface area (TPSA) is 9.86 Å². The lowest BCUT2D eigenvalue weighted by Crippen LogP contribution is -2.15. The number of hydrogen-bond donors (Lipinski definition) is 0. The summed E-state index contributed by atoms with van der Waals surface area (Å²) in [6.07, 6.45) is 7.74. The van der Waals surface area contributed by atoms with Crippen LogP contribution in [0.1, 0.15) is 65.3 Å². The Hall–Kier alpha value is -8.46. The summed E-state index contributed by atoms with van der Waals surface area (Å²) in [5.74, 6) is 0.271. The van der Waals surface area contributed by atoms with E-state index >= 15 is 0 Å². The Morgan fingerprint density at radius 1 is 0.451 bits per heavy atom. The molecule has 336 valence electrons. The Bertz CT molecular complexity index is 4220. The predicted octanol–water partition coefficient (Wildman–Crippen LogP) is 17.8. The van der Waals surface area contributed by atoms with Gasteiger partial charge in [0, 0.05) is 50.1 Å². The molecule has 0 aliphatic heterocycles. The molecule has 12 aromatic rings. The second-order valence-electron chi connectivity index (χ2n) is 20.7. The van der Waals surface area contributed by atoms with E-state index in [0.29, 0.717) is 0 Å². The summed E-state index contributed by atoms with van der Waals surface area (Å²) in [6.45, 7) is 4.79. The van der Waals surface area contributed by atoms with Gasteiger partial charge in [0.2, 0.25) is 0 Å². The summed E-state index contributed by atoms with van der Waals surface area (Å²) in [7, 11) is 0. The fourth-order valence-corrected chi connectivity index (χ4v) is 13.2. The van der Waals surface area contributed by atoms with Gasteiger partial charge in [-0.1, -0.05) is 172 Å². The van der Waals surface area contributed by atoms with Crippen molar-refractivity contribution in [2.24, 2.45) is 0 Å². The van der Waals surface area contributed by atoms with E-state index in [9.17, 15) is 0 Å². The van der Waals surface area contributed by atoms with E-state index < -0.39 is 0 Å². The molecule has 2 heterocycles. The lowest BCUT2D eigenvalue weighted by Gasteiger charge is -2.22. The lowest BCUT2D eigenvalue weighted by atomic mass is 9.82. The molecule has 2 nitrogen and oxygen atoms in total. The minimum atomic E-state index is -0.128. The molecule has 0 saturated heterocycles. The number of allylic oxidation sites excluding steroid dienone is 1. The number of benzene rings is 10. The molecule has 1 atom stereocenters. The second-order valence-corrected chi connectivity index (χ2v) is 20.7. The third kappa shape index (κ3) is 6.01. The first kappa shape index (κ1) is 40.4. The number of para-hydroxylation sites is 2. The molecule has 0 fully saturated rings. The van der Waals surface area contributed by atoms with E-state index in [-0.39, 0.29) is 11.3 Å². The molecule has 2 heteroatoms. The van der Waals surface area contributed by atoms with Gasteiger partial charge in [0.25, 0.3) is 0 Å². The summed E-state index contributed by atoms with van der Waals surface area (Å²) < 4.78 is 5.05. The van der Waals surface area contributed by atoms with E-state index in [4.69, 9.17) is 0 Å². The van der Waals surface area contributed by atoms with Crippen LogP contribution in [0.25, 0.3) is 105 Å². The minimum absolute atomic E-state index is 0.128. The van der Waals surface area contributed by atoms with Crippen LogP contribution in [0.2, 0.25) is 0 Å². The van der Waals surface area contributed by atoms with E-state index in [2.05, 4.69) is 247 Å². The maximum absolute atomic E-state index is 2.55. The highest BCUT2D eigenvalue weighted by Gasteiger charge is 2.36. The SMILES string of the molecule is CC1(C)c2ccccc2-c2cc3c4ccccc4n(-c4cc(-c5ccc6c(c5)-c5c(ccc7ccccc57)C6Cc5ccccc5)cc(-c5ccc6c(c5)c5c(n6-c6ccccc6)CCC=C5)c4)c3cc21. The Balaban J connectivity index is 0.979. The molecule has 0 bridgehead atoms. The predicted molar refractivity (Wildman–Crippen MR) is 298 cm³/mol. The van der Waals surface area contributed by atoms with Crippen LogP contribution < -0.4 is 0 Å². The average Bonchev–Trinajstić information content (AvgIpc) is 4.11. The molecular weight excluding hydrogens is 857 g/mol. The summed E-state index contributed by atoms with van der Waals surface area (Å²) in [5, 5.41) is 6.46. The second kappa shape index (κ2) is 15.3. The van der Waals surface area contributed by atoms with Crippen LogP contribution in [0.15, 0.2) is 218 Å². The third-order valence-electron chi connectivity index (χ3n) is 16.5. The van der Waals surface area contributed by atoms with Crippen molar-refractivity contribution in [2.75, 3.05) is 0 Å². The van der Waals surface area contributed by atoms with Crippen molar-refractivity contribution in [3.05, 3.63) is 257 Å². The van der Waals surface area contributed by atoms with E-state index in [1.807, 2.05) is 0 Å². The standard InChI is InChI=1S/C69H50N2/c1-69(2)62-26-14-11-23-53(62)58-41-60-55-25-13-16-28-65(55)71(67(60)42-63(58)69)50-37-47(36-48(38-50)46-31-34-66-59(39-46)54-24-12-15-27-64(54)70(66)49-20-7-4-8-21-49)45-30-32-52-57(35-43-17-5-3-6-18-43)56-33-29-44-19-9-10-22-51(44)68(56)61(52)40-45/h3-14,16-26,28-34,36-42,57H,15,27,35H2,1-2H3. The van der Waals surface area contributed by atoms with Crippen molar-refractivity contribution in [2.45, 2.75) is 44.4 Å². The smallest absolute Gasteiger partial charge is 0.0544 e. The van der Waals surface area contributed by atoms with Crippen LogP contribution >= 0.6 is 0 Å². The largest absolute Gasteiger partial charge is 0.313 e. The molecule has 71 heavy (non-hydrogen) atoms. The van der Waals surface area contributed by atoms with Crippen LogP contribution in [0.3, 0.4) is 0 Å². The maximum Gasteiger partial charge on any atom is 0.0544 e. The van der Waals surface area contributed by atoms with Crippen LogP contribution in [-0.2, 0) is 18.3 Å². The molecule has 10 aromatic carbocycles. The van der Waals surface area contributed by atoms with Crippen molar-refractivity contribution in [1.82, 2.24) is 9.13 Å². The first-order valence-corrected chi connectivity index (χ1v) is 25.4. The fraction of sp³-hybridized carbons (Fsp3) is 0.101. The number of rotatable bonds is 6. The van der Waals surface area contributed by atoms with Gasteiger partial charge in [-0.05, 0) is 169 Å². The van der Waals surface area contributed by atoms with Crippen LogP contribution in [-0.4, -0.2) is 9.13 Å². The van der Waals surface area contributed by atoms with Gasteiger partial charge >= 0.3 is 0 Å². The van der Waals surface area contributed by atoms with Gasteiger partial charge in [0.1, 0.15) is 0 Å². The van der Waals surface area contributed by atoms with Crippen molar-refractivity contribution < 1.29 is 0 Å².